The maximum absolute atomic E-state index is 12.3. The summed E-state index contributed by atoms with van der Waals surface area (Å²) >= 11 is 1.32. The third-order valence-electron chi connectivity index (χ3n) is 10.1. The van der Waals surface area contributed by atoms with E-state index in [-0.39, 0.29) is 23.7 Å². The highest BCUT2D eigenvalue weighted by molar-refractivity contribution is 7.22. The lowest BCUT2D eigenvalue weighted by Gasteiger charge is -2.32. The fourth-order valence-electron chi connectivity index (χ4n) is 6.77. The van der Waals surface area contributed by atoms with E-state index in [0.29, 0.717) is 22.1 Å². The van der Waals surface area contributed by atoms with Gasteiger partial charge in [0.1, 0.15) is 6.54 Å². The number of aromatic nitrogens is 2. The van der Waals surface area contributed by atoms with Crippen molar-refractivity contribution in [3.63, 3.8) is 0 Å². The van der Waals surface area contributed by atoms with Crippen LogP contribution >= 0.6 is 11.3 Å². The number of anilines is 1. The van der Waals surface area contributed by atoms with Crippen LogP contribution in [0.2, 0.25) is 0 Å². The minimum absolute atomic E-state index is 0.0528. The van der Waals surface area contributed by atoms with Gasteiger partial charge in [-0.3, -0.25) is 19.5 Å². The van der Waals surface area contributed by atoms with Crippen LogP contribution in [0, 0.1) is 27.4 Å². The number of nitrogens with one attached hydrogen (secondary N) is 1. The second-order valence-electron chi connectivity index (χ2n) is 14.1. The number of amides is 1. The van der Waals surface area contributed by atoms with E-state index in [2.05, 4.69) is 48.2 Å². The number of non-ortho nitro benzene ring substituents is 1. The Kier molecular flexibility index (Phi) is 14.7. The molecular formula is C43H48N6O9S. The number of para-hydroxylation sites is 1. The molecule has 1 N–H and O–H groups in total. The molecule has 6 rings (SSSR count). The van der Waals surface area contributed by atoms with Gasteiger partial charge in [0.25, 0.3) is 5.69 Å². The van der Waals surface area contributed by atoms with Gasteiger partial charge in [-0.1, -0.05) is 49.4 Å². The molecule has 1 amide bonds. The molecule has 0 spiro atoms. The predicted molar refractivity (Wildman–Crippen MR) is 227 cm³/mol. The average molecular weight is 825 g/mol. The Bertz CT molecular complexity index is 2470. The molecule has 4 aromatic carbocycles. The summed E-state index contributed by atoms with van der Waals surface area (Å²) in [4.78, 5) is 41.1. The van der Waals surface area contributed by atoms with Gasteiger partial charge < -0.3 is 33.6 Å². The first kappa shape index (κ1) is 43.7. The second-order valence-corrected chi connectivity index (χ2v) is 15.1. The first-order valence-electron chi connectivity index (χ1n) is 18.8. The summed E-state index contributed by atoms with van der Waals surface area (Å²) in [5.41, 5.74) is 2.54. The summed E-state index contributed by atoms with van der Waals surface area (Å²) in [5.74, 6) is 1.77. The van der Waals surface area contributed by atoms with E-state index >= 15 is 0 Å². The number of hydrogen-bond acceptors (Lipinski definition) is 13. The zero-order valence-corrected chi connectivity index (χ0v) is 35.0. The number of oxazole rings is 1. The van der Waals surface area contributed by atoms with Crippen molar-refractivity contribution in [3.8, 4) is 29.1 Å². The van der Waals surface area contributed by atoms with Crippen LogP contribution in [0.1, 0.15) is 37.8 Å². The minimum Gasteiger partial charge on any atom is -0.493 e. The number of nitriles is 1. The van der Waals surface area contributed by atoms with Gasteiger partial charge in [0, 0.05) is 12.6 Å². The topological polar surface area (TPSA) is 184 Å². The molecule has 0 saturated carbocycles. The van der Waals surface area contributed by atoms with Gasteiger partial charge in [0.15, 0.2) is 33.7 Å². The SMILES string of the molecule is COc1ccc(CCN(C)CCCC(C#N)(c2ccc(OC)c(OC)c2)C(C)C)cc1OC.O=C(Cn1c(=O)oc2cc([N+](=O)[O-])ccc21)Nc1nc2ccccc2s1. The number of methoxy groups -OCH3 is 4. The molecule has 0 aliphatic carbocycles. The second kappa shape index (κ2) is 19.8. The molecule has 0 fully saturated rings. The number of carbonyl (C=O) groups is 1. The lowest BCUT2D eigenvalue weighted by atomic mass is 9.69. The van der Waals surface area contributed by atoms with E-state index < -0.39 is 22.0 Å². The van der Waals surface area contributed by atoms with Crippen molar-refractivity contribution in [2.75, 3.05) is 53.9 Å². The normalized spacial score (nSPS) is 12.1. The quantitative estimate of drug-likeness (QED) is 0.0695. The monoisotopic (exact) mass is 824 g/mol. The Morgan fingerprint density at radius 3 is 2.29 bits per heavy atom. The van der Waals surface area contributed by atoms with Gasteiger partial charge >= 0.3 is 5.76 Å². The summed E-state index contributed by atoms with van der Waals surface area (Å²) in [5, 5.41) is 24.1. The Labute approximate surface area is 345 Å². The molecule has 2 heterocycles. The highest BCUT2D eigenvalue weighted by Gasteiger charge is 2.36. The number of rotatable bonds is 17. The van der Waals surface area contributed by atoms with E-state index in [1.165, 1.54) is 29.0 Å². The number of likely N-dealkylation sites (N-methyl/N-ethyl adjacent to an activating group) is 1. The third kappa shape index (κ3) is 10.4. The molecule has 310 valence electrons. The lowest BCUT2D eigenvalue weighted by molar-refractivity contribution is -0.384. The van der Waals surface area contributed by atoms with Crippen molar-refractivity contribution in [1.82, 2.24) is 14.5 Å². The van der Waals surface area contributed by atoms with Crippen LogP contribution in [-0.4, -0.2) is 73.9 Å². The molecule has 1 unspecified atom stereocenters. The molecule has 15 nitrogen and oxygen atoms in total. The fraction of sp³-hybridized carbons (Fsp3) is 0.349. The van der Waals surface area contributed by atoms with Crippen molar-refractivity contribution >= 4 is 49.4 Å². The number of benzene rings is 4. The third-order valence-corrected chi connectivity index (χ3v) is 11.1. The van der Waals surface area contributed by atoms with Crippen molar-refractivity contribution in [3.05, 3.63) is 111 Å². The van der Waals surface area contributed by atoms with Crippen molar-refractivity contribution < 1.29 is 33.1 Å². The molecule has 0 radical (unpaired) electrons. The smallest absolute Gasteiger partial charge is 0.420 e. The van der Waals surface area contributed by atoms with Gasteiger partial charge in [-0.25, -0.2) is 9.78 Å². The van der Waals surface area contributed by atoms with E-state index in [0.717, 1.165) is 70.3 Å². The van der Waals surface area contributed by atoms with Crippen molar-refractivity contribution in [2.45, 2.75) is 45.1 Å². The molecule has 0 aliphatic heterocycles. The van der Waals surface area contributed by atoms with Crippen LogP contribution < -0.4 is 30.0 Å². The van der Waals surface area contributed by atoms with Crippen LogP contribution in [-0.2, 0) is 23.2 Å². The van der Waals surface area contributed by atoms with Gasteiger partial charge in [-0.05, 0) is 92.4 Å². The Balaban J connectivity index is 0.000000230. The van der Waals surface area contributed by atoms with Gasteiger partial charge in [-0.2, -0.15) is 5.26 Å². The largest absolute Gasteiger partial charge is 0.493 e. The standard InChI is InChI=1S/C27H38N2O4.C16H10N4O5S/c1-20(2)27(19-28,22-10-12-24(31-5)26(18-22)33-7)14-8-15-29(3)16-13-21-9-11-23(30-4)25(17-21)32-6;21-14(18-15-17-10-3-1-2-4-13(10)26-15)8-19-11-6-5-9(20(23)24)7-12(11)25-16(19)22/h9-12,17-18,20H,8,13-16H2,1-7H3;1-7H,8H2,(H,17,18,21). The highest BCUT2D eigenvalue weighted by atomic mass is 32.1. The number of nitro benzene ring substituents is 1. The van der Waals surface area contributed by atoms with Gasteiger partial charge in [0.2, 0.25) is 5.91 Å². The molecule has 1 atom stereocenters. The first-order chi connectivity index (χ1) is 28.4. The Morgan fingerprint density at radius 2 is 1.64 bits per heavy atom. The molecule has 2 aromatic heterocycles. The molecule has 0 saturated heterocycles. The highest BCUT2D eigenvalue weighted by Crippen LogP contribution is 2.40. The number of fused-ring (bicyclic) bond motifs is 2. The maximum atomic E-state index is 12.3. The van der Waals surface area contributed by atoms with Crippen LogP contribution in [0.3, 0.4) is 0 Å². The van der Waals surface area contributed by atoms with Crippen molar-refractivity contribution in [2.24, 2.45) is 5.92 Å². The molecule has 0 aliphatic rings. The van der Waals surface area contributed by atoms with Gasteiger partial charge in [0.05, 0.1) is 66.6 Å². The average Bonchev–Trinajstić information content (AvgIpc) is 3.79. The Morgan fingerprint density at radius 1 is 0.966 bits per heavy atom. The fourth-order valence-corrected chi connectivity index (χ4v) is 7.65. The first-order valence-corrected chi connectivity index (χ1v) is 19.6. The number of ether oxygens (including phenoxy) is 4. The summed E-state index contributed by atoms with van der Waals surface area (Å²) in [7, 11) is 8.67. The predicted octanol–water partition coefficient (Wildman–Crippen LogP) is 7.84. The molecular weight excluding hydrogens is 777 g/mol. The van der Waals surface area contributed by atoms with E-state index in [1.54, 1.807) is 28.4 Å². The zero-order valence-electron chi connectivity index (χ0n) is 34.1. The number of carbonyl (C=O) groups excluding carboxylic acids is 1. The number of hydrogen-bond donors (Lipinski definition) is 1. The van der Waals surface area contributed by atoms with Crippen LogP contribution in [0.25, 0.3) is 21.3 Å². The summed E-state index contributed by atoms with van der Waals surface area (Å²) in [6, 6.07) is 25.7. The molecule has 6 aromatic rings. The van der Waals surface area contributed by atoms with E-state index in [1.807, 2.05) is 54.6 Å². The summed E-state index contributed by atoms with van der Waals surface area (Å²) in [6.07, 6.45) is 2.61. The van der Waals surface area contributed by atoms with Gasteiger partial charge in [-0.15, -0.1) is 0 Å². The van der Waals surface area contributed by atoms with Crippen LogP contribution in [0.5, 0.6) is 23.0 Å². The molecule has 16 heteroatoms. The van der Waals surface area contributed by atoms with Crippen molar-refractivity contribution in [1.29, 1.82) is 5.26 Å². The molecule has 59 heavy (non-hydrogen) atoms. The van der Waals surface area contributed by atoms with E-state index in [4.69, 9.17) is 23.4 Å². The maximum Gasteiger partial charge on any atom is 0.420 e. The summed E-state index contributed by atoms with van der Waals surface area (Å²) in [6.45, 7) is 5.77. The minimum atomic E-state index is -0.764. The van der Waals surface area contributed by atoms with E-state index in [9.17, 15) is 25.0 Å². The number of thiazole rings is 1. The summed E-state index contributed by atoms with van der Waals surface area (Å²) < 4.78 is 28.6. The Hall–Kier alpha value is -6.44. The molecule has 0 bridgehead atoms. The zero-order chi connectivity index (χ0) is 42.7. The number of nitrogens with zero attached hydrogens (tertiary/aromatic N) is 5. The lowest BCUT2D eigenvalue weighted by Crippen LogP contribution is -2.32. The van der Waals surface area contributed by atoms with Crippen LogP contribution in [0.4, 0.5) is 10.8 Å². The number of nitro groups is 1. The van der Waals surface area contributed by atoms with Crippen LogP contribution in [0.15, 0.2) is 88.1 Å².